The highest BCUT2D eigenvalue weighted by Gasteiger charge is 2.26. The molecule has 3 unspecified atom stereocenters. The van der Waals surface area contributed by atoms with Crippen molar-refractivity contribution in [2.24, 2.45) is 11.7 Å². The monoisotopic (exact) mass is 249 g/mol. The number of ether oxygens (including phenoxy) is 1. The van der Waals surface area contributed by atoms with Crippen LogP contribution in [-0.2, 0) is 14.6 Å². The van der Waals surface area contributed by atoms with E-state index in [1.165, 1.54) is 0 Å². The van der Waals surface area contributed by atoms with Gasteiger partial charge in [0.05, 0.1) is 17.6 Å². The summed E-state index contributed by atoms with van der Waals surface area (Å²) in [4.78, 5) is 0. The maximum absolute atomic E-state index is 11.9. The number of rotatable bonds is 6. The minimum atomic E-state index is -3.07. The predicted octanol–water partition coefficient (Wildman–Crippen LogP) is 0.954. The molecule has 1 aliphatic rings. The Morgan fingerprint density at radius 2 is 2.19 bits per heavy atom. The van der Waals surface area contributed by atoms with Crippen molar-refractivity contribution < 1.29 is 13.2 Å². The van der Waals surface area contributed by atoms with Crippen molar-refractivity contribution in [2.45, 2.75) is 45.3 Å². The molecule has 0 amide bonds. The normalized spacial score (nSPS) is 25.6. The second-order valence-electron chi connectivity index (χ2n) is 4.76. The van der Waals surface area contributed by atoms with E-state index in [0.717, 1.165) is 19.3 Å². The molecule has 1 fully saturated rings. The Morgan fingerprint density at radius 3 is 2.69 bits per heavy atom. The van der Waals surface area contributed by atoms with E-state index in [1.54, 1.807) is 0 Å². The maximum atomic E-state index is 11.9. The van der Waals surface area contributed by atoms with Gasteiger partial charge in [-0.15, -0.1) is 0 Å². The van der Waals surface area contributed by atoms with Gasteiger partial charge in [-0.1, -0.05) is 20.3 Å². The quantitative estimate of drug-likeness (QED) is 0.761. The first-order valence-corrected chi connectivity index (χ1v) is 7.84. The molecule has 1 rings (SSSR count). The Bertz CT molecular complexity index is 296. The average Bonchev–Trinajstić information content (AvgIpc) is 2.67. The molecule has 1 saturated heterocycles. The molecule has 0 bridgehead atoms. The molecule has 0 aromatic carbocycles. The fraction of sp³-hybridized carbons (Fsp3) is 1.00. The van der Waals surface area contributed by atoms with Crippen LogP contribution in [0.2, 0.25) is 0 Å². The van der Waals surface area contributed by atoms with Gasteiger partial charge in [0.2, 0.25) is 0 Å². The lowest BCUT2D eigenvalue weighted by molar-refractivity contribution is 0.127. The number of nitrogens with two attached hydrogens (primary N) is 1. The minimum Gasteiger partial charge on any atom is -0.377 e. The first kappa shape index (κ1) is 13.9. The molecule has 3 atom stereocenters. The molecule has 1 heterocycles. The Kier molecular flexibility index (Phi) is 5.21. The fourth-order valence-corrected chi connectivity index (χ4v) is 3.77. The van der Waals surface area contributed by atoms with E-state index < -0.39 is 9.84 Å². The molecule has 0 saturated carbocycles. The minimum absolute atomic E-state index is 0.0852. The summed E-state index contributed by atoms with van der Waals surface area (Å²) < 4.78 is 29.1. The van der Waals surface area contributed by atoms with Gasteiger partial charge in [0.15, 0.2) is 9.84 Å². The number of hydrogen-bond donors (Lipinski definition) is 1. The SMILES string of the molecule is CCC(C)C(N)CS(=O)(=O)CC1CCCO1. The van der Waals surface area contributed by atoms with E-state index in [2.05, 4.69) is 0 Å². The van der Waals surface area contributed by atoms with Crippen LogP contribution in [0.15, 0.2) is 0 Å². The first-order valence-electron chi connectivity index (χ1n) is 6.02. The van der Waals surface area contributed by atoms with Gasteiger partial charge in [-0.25, -0.2) is 8.42 Å². The van der Waals surface area contributed by atoms with Gasteiger partial charge >= 0.3 is 0 Å². The highest BCUT2D eigenvalue weighted by atomic mass is 32.2. The van der Waals surface area contributed by atoms with Gasteiger partial charge < -0.3 is 10.5 Å². The van der Waals surface area contributed by atoms with Gasteiger partial charge in [-0.05, 0) is 18.8 Å². The van der Waals surface area contributed by atoms with Crippen molar-refractivity contribution in [1.82, 2.24) is 0 Å². The lowest BCUT2D eigenvalue weighted by Gasteiger charge is -2.19. The highest BCUT2D eigenvalue weighted by Crippen LogP contribution is 2.16. The molecule has 0 aliphatic carbocycles. The van der Waals surface area contributed by atoms with Crippen molar-refractivity contribution in [1.29, 1.82) is 0 Å². The molecule has 2 N–H and O–H groups in total. The number of hydrogen-bond acceptors (Lipinski definition) is 4. The molecule has 0 radical (unpaired) electrons. The predicted molar refractivity (Wildman–Crippen MR) is 65.1 cm³/mol. The van der Waals surface area contributed by atoms with Crippen molar-refractivity contribution >= 4 is 9.84 Å². The Hall–Kier alpha value is -0.130. The van der Waals surface area contributed by atoms with Gasteiger partial charge in [-0.3, -0.25) is 0 Å². The van der Waals surface area contributed by atoms with Crippen LogP contribution in [0.5, 0.6) is 0 Å². The van der Waals surface area contributed by atoms with Crippen LogP contribution in [-0.4, -0.2) is 38.7 Å². The van der Waals surface area contributed by atoms with Gasteiger partial charge in [0.1, 0.15) is 0 Å². The first-order chi connectivity index (χ1) is 7.44. The standard InChI is InChI=1S/C11H23NO3S/c1-3-9(2)11(12)8-16(13,14)7-10-5-4-6-15-10/h9-11H,3-8,12H2,1-2H3. The molecular weight excluding hydrogens is 226 g/mol. The smallest absolute Gasteiger partial charge is 0.154 e. The van der Waals surface area contributed by atoms with Crippen molar-refractivity contribution in [3.63, 3.8) is 0 Å². The van der Waals surface area contributed by atoms with E-state index in [1.807, 2.05) is 13.8 Å². The topological polar surface area (TPSA) is 69.4 Å². The van der Waals surface area contributed by atoms with Crippen LogP contribution in [0.25, 0.3) is 0 Å². The van der Waals surface area contributed by atoms with Crippen LogP contribution in [0.1, 0.15) is 33.1 Å². The molecule has 1 aliphatic heterocycles. The molecule has 4 nitrogen and oxygen atoms in total. The summed E-state index contributed by atoms with van der Waals surface area (Å²) in [6.07, 6.45) is 2.64. The second-order valence-corrected chi connectivity index (χ2v) is 6.92. The summed E-state index contributed by atoms with van der Waals surface area (Å²) >= 11 is 0. The molecule has 96 valence electrons. The Labute approximate surface area is 98.5 Å². The molecule has 5 heteroatoms. The third-order valence-electron chi connectivity index (χ3n) is 3.29. The molecule has 0 aromatic heterocycles. The third-order valence-corrected chi connectivity index (χ3v) is 5.06. The average molecular weight is 249 g/mol. The van der Waals surface area contributed by atoms with Gasteiger partial charge in [-0.2, -0.15) is 0 Å². The second kappa shape index (κ2) is 5.98. The van der Waals surface area contributed by atoms with Crippen LogP contribution in [0, 0.1) is 5.92 Å². The largest absolute Gasteiger partial charge is 0.377 e. The third kappa shape index (κ3) is 4.39. The van der Waals surface area contributed by atoms with Crippen LogP contribution in [0.4, 0.5) is 0 Å². The highest BCUT2D eigenvalue weighted by molar-refractivity contribution is 7.91. The summed E-state index contributed by atoms with van der Waals surface area (Å²) in [5.41, 5.74) is 5.87. The zero-order chi connectivity index (χ0) is 12.2. The zero-order valence-electron chi connectivity index (χ0n) is 10.2. The fourth-order valence-electron chi connectivity index (χ4n) is 1.89. The summed E-state index contributed by atoms with van der Waals surface area (Å²) in [5, 5.41) is 0. The molecule has 0 spiro atoms. The Balaban J connectivity index is 2.44. The zero-order valence-corrected chi connectivity index (χ0v) is 11.0. The van der Waals surface area contributed by atoms with Crippen molar-refractivity contribution in [3.8, 4) is 0 Å². The van der Waals surface area contributed by atoms with Gasteiger partial charge in [0.25, 0.3) is 0 Å². The van der Waals surface area contributed by atoms with Crippen LogP contribution < -0.4 is 5.73 Å². The van der Waals surface area contributed by atoms with E-state index in [9.17, 15) is 8.42 Å². The molecular formula is C11H23NO3S. The van der Waals surface area contributed by atoms with E-state index in [-0.39, 0.29) is 29.6 Å². The van der Waals surface area contributed by atoms with E-state index >= 15 is 0 Å². The van der Waals surface area contributed by atoms with Gasteiger partial charge in [0, 0.05) is 12.6 Å². The molecule has 0 aromatic rings. The van der Waals surface area contributed by atoms with E-state index in [0.29, 0.717) is 6.61 Å². The Morgan fingerprint density at radius 1 is 1.50 bits per heavy atom. The lowest BCUT2D eigenvalue weighted by Crippen LogP contribution is -2.37. The molecule has 16 heavy (non-hydrogen) atoms. The summed E-state index contributed by atoms with van der Waals surface area (Å²) in [6.45, 7) is 4.71. The van der Waals surface area contributed by atoms with Crippen molar-refractivity contribution in [2.75, 3.05) is 18.1 Å². The van der Waals surface area contributed by atoms with E-state index in [4.69, 9.17) is 10.5 Å². The summed E-state index contributed by atoms with van der Waals surface area (Å²) in [7, 11) is -3.07. The van der Waals surface area contributed by atoms with Crippen molar-refractivity contribution in [3.05, 3.63) is 0 Å². The number of sulfone groups is 1. The summed E-state index contributed by atoms with van der Waals surface area (Å²) in [5.74, 6) is 0.471. The van der Waals surface area contributed by atoms with Crippen LogP contribution in [0.3, 0.4) is 0 Å². The lowest BCUT2D eigenvalue weighted by atomic mass is 10.0. The van der Waals surface area contributed by atoms with Crippen LogP contribution >= 0.6 is 0 Å². The maximum Gasteiger partial charge on any atom is 0.154 e. The summed E-state index contributed by atoms with van der Waals surface area (Å²) in [6, 6.07) is -0.253.